The number of imide groups is 1. The van der Waals surface area contributed by atoms with Gasteiger partial charge in [0.1, 0.15) is 5.41 Å². The van der Waals surface area contributed by atoms with Gasteiger partial charge in [-0.1, -0.05) is 29.3 Å². The van der Waals surface area contributed by atoms with Gasteiger partial charge in [-0.25, -0.2) is 0 Å². The molecule has 1 heterocycles. The molecule has 7 heteroatoms. The topological polar surface area (TPSA) is 83.5 Å². The Morgan fingerprint density at radius 2 is 1.95 bits per heavy atom. The predicted molar refractivity (Wildman–Crippen MR) is 65.9 cm³/mol. The Balaban J connectivity index is 2.15. The number of aliphatic carboxylic acids is 1. The molecule has 2 fully saturated rings. The quantitative estimate of drug-likeness (QED) is 0.804. The normalized spacial score (nSPS) is 31.9. The summed E-state index contributed by atoms with van der Waals surface area (Å²) in [6.07, 6.45) is 0. The van der Waals surface area contributed by atoms with Gasteiger partial charge in [-0.05, 0) is 17.7 Å². The number of fused-ring (bicyclic) bond motifs is 1. The summed E-state index contributed by atoms with van der Waals surface area (Å²) in [6.45, 7) is 0. The first-order valence-corrected chi connectivity index (χ1v) is 6.20. The van der Waals surface area contributed by atoms with Crippen molar-refractivity contribution in [1.82, 2.24) is 5.32 Å². The van der Waals surface area contributed by atoms with E-state index < -0.39 is 35.0 Å². The van der Waals surface area contributed by atoms with Gasteiger partial charge < -0.3 is 5.11 Å². The molecule has 1 saturated heterocycles. The zero-order valence-electron chi connectivity index (χ0n) is 9.31. The molecule has 3 atom stereocenters. The lowest BCUT2D eigenvalue weighted by atomic mass is 9.92. The fourth-order valence-corrected chi connectivity index (χ4v) is 3.20. The first kappa shape index (κ1) is 12.4. The van der Waals surface area contributed by atoms with Crippen molar-refractivity contribution in [3.8, 4) is 0 Å². The van der Waals surface area contributed by atoms with E-state index in [9.17, 15) is 14.4 Å². The molecule has 19 heavy (non-hydrogen) atoms. The van der Waals surface area contributed by atoms with Crippen LogP contribution in [0.25, 0.3) is 0 Å². The highest BCUT2D eigenvalue weighted by Crippen LogP contribution is 2.63. The van der Waals surface area contributed by atoms with Gasteiger partial charge in [-0.2, -0.15) is 0 Å². The highest BCUT2D eigenvalue weighted by Gasteiger charge is 2.80. The van der Waals surface area contributed by atoms with Crippen molar-refractivity contribution in [2.75, 3.05) is 0 Å². The highest BCUT2D eigenvalue weighted by molar-refractivity contribution is 6.42. The summed E-state index contributed by atoms with van der Waals surface area (Å²) >= 11 is 11.7. The van der Waals surface area contributed by atoms with Gasteiger partial charge in [0.15, 0.2) is 0 Å². The number of nitrogens with one attached hydrogen (secondary N) is 1. The molecule has 2 amide bonds. The van der Waals surface area contributed by atoms with Crippen LogP contribution in [-0.2, 0) is 19.8 Å². The summed E-state index contributed by atoms with van der Waals surface area (Å²) in [4.78, 5) is 34.8. The van der Waals surface area contributed by atoms with Gasteiger partial charge in [-0.15, -0.1) is 0 Å². The van der Waals surface area contributed by atoms with E-state index in [0.29, 0.717) is 10.6 Å². The lowest BCUT2D eigenvalue weighted by molar-refractivity contribution is -0.143. The average molecular weight is 300 g/mol. The summed E-state index contributed by atoms with van der Waals surface area (Å²) in [7, 11) is 0. The molecule has 1 aliphatic carbocycles. The minimum atomic E-state index is -1.34. The molecule has 0 bridgehead atoms. The third-order valence-corrected chi connectivity index (χ3v) is 4.50. The van der Waals surface area contributed by atoms with Crippen LogP contribution in [0.2, 0.25) is 10.0 Å². The van der Waals surface area contributed by atoms with Gasteiger partial charge in [0.25, 0.3) is 0 Å². The number of carbonyl (C=O) groups is 3. The number of carboxylic acid groups (broad SMARTS) is 1. The number of carboxylic acids is 1. The van der Waals surface area contributed by atoms with Crippen LogP contribution in [-0.4, -0.2) is 22.9 Å². The molecule has 1 aliphatic heterocycles. The summed E-state index contributed by atoms with van der Waals surface area (Å²) in [5.41, 5.74) is -0.931. The van der Waals surface area contributed by atoms with E-state index in [1.54, 1.807) is 0 Å². The second kappa shape index (κ2) is 3.71. The van der Waals surface area contributed by atoms with E-state index >= 15 is 0 Å². The average Bonchev–Trinajstić information content (AvgIpc) is 2.97. The van der Waals surface area contributed by atoms with Gasteiger partial charge in [0, 0.05) is 0 Å². The molecule has 98 valence electrons. The molecule has 1 aromatic rings. The van der Waals surface area contributed by atoms with Crippen LogP contribution >= 0.6 is 23.2 Å². The van der Waals surface area contributed by atoms with E-state index in [1.165, 1.54) is 18.2 Å². The molecule has 1 aromatic carbocycles. The standard InChI is InChI=1S/C12H7Cl2NO4/c13-5-2-1-4(3-6(5)14)12-7(8(12)10(17)18)9(16)15-11(12)19/h1-3,7-8H,(H,17,18)(H,15,16,19)/t7-,8+,12+/m0/s1. The van der Waals surface area contributed by atoms with Gasteiger partial charge in [0.05, 0.1) is 21.9 Å². The summed E-state index contributed by atoms with van der Waals surface area (Å²) in [5.74, 6) is -4.21. The molecule has 1 saturated carbocycles. The van der Waals surface area contributed by atoms with Crippen LogP contribution in [0.1, 0.15) is 5.56 Å². The molecule has 0 unspecified atom stereocenters. The van der Waals surface area contributed by atoms with Gasteiger partial charge in [-0.3, -0.25) is 19.7 Å². The second-order valence-corrected chi connectivity index (χ2v) is 5.42. The van der Waals surface area contributed by atoms with Crippen molar-refractivity contribution >= 4 is 41.0 Å². The summed E-state index contributed by atoms with van der Waals surface area (Å²) in [6, 6.07) is 4.46. The molecule has 0 aromatic heterocycles. The number of hydrogen-bond donors (Lipinski definition) is 2. The zero-order chi connectivity index (χ0) is 13.9. The van der Waals surface area contributed by atoms with E-state index in [1.807, 2.05) is 0 Å². The van der Waals surface area contributed by atoms with Crippen LogP contribution in [0.4, 0.5) is 0 Å². The van der Waals surface area contributed by atoms with E-state index in [-0.39, 0.29) is 5.02 Å². The predicted octanol–water partition coefficient (Wildman–Crippen LogP) is 1.22. The fraction of sp³-hybridized carbons (Fsp3) is 0.250. The highest BCUT2D eigenvalue weighted by atomic mass is 35.5. The van der Waals surface area contributed by atoms with Crippen LogP contribution in [0.15, 0.2) is 18.2 Å². The Morgan fingerprint density at radius 1 is 1.26 bits per heavy atom. The van der Waals surface area contributed by atoms with Crippen LogP contribution < -0.4 is 5.32 Å². The summed E-state index contributed by atoms with van der Waals surface area (Å²) < 4.78 is 0. The van der Waals surface area contributed by atoms with Crippen molar-refractivity contribution in [3.63, 3.8) is 0 Å². The SMILES string of the molecule is O=C1NC(=O)[C@]2(c3ccc(Cl)c(Cl)c3)[C@H]1[C@@H]2C(=O)O. The molecule has 2 aliphatic rings. The maximum absolute atomic E-state index is 12.0. The number of carbonyl (C=O) groups excluding carboxylic acids is 2. The first-order chi connectivity index (χ1) is 8.90. The third kappa shape index (κ3) is 1.40. The van der Waals surface area contributed by atoms with Gasteiger partial charge >= 0.3 is 5.97 Å². The second-order valence-electron chi connectivity index (χ2n) is 4.61. The number of amides is 2. The van der Waals surface area contributed by atoms with E-state index in [0.717, 1.165) is 0 Å². The van der Waals surface area contributed by atoms with Crippen molar-refractivity contribution in [3.05, 3.63) is 33.8 Å². The number of piperidine rings is 1. The van der Waals surface area contributed by atoms with Crippen molar-refractivity contribution < 1.29 is 19.5 Å². The minimum absolute atomic E-state index is 0.218. The largest absolute Gasteiger partial charge is 0.481 e. The van der Waals surface area contributed by atoms with Crippen LogP contribution in [0.5, 0.6) is 0 Å². The molecule has 2 N–H and O–H groups in total. The number of halogens is 2. The lowest BCUT2D eigenvalue weighted by Crippen LogP contribution is -2.35. The Labute approximate surface area is 117 Å². The maximum atomic E-state index is 12.0. The van der Waals surface area contributed by atoms with Gasteiger partial charge in [0.2, 0.25) is 11.8 Å². The maximum Gasteiger partial charge on any atom is 0.308 e. The van der Waals surface area contributed by atoms with E-state index in [2.05, 4.69) is 5.32 Å². The fourth-order valence-electron chi connectivity index (χ4n) is 2.90. The number of benzene rings is 1. The van der Waals surface area contributed by atoms with Crippen molar-refractivity contribution in [1.29, 1.82) is 0 Å². The zero-order valence-corrected chi connectivity index (χ0v) is 10.8. The Hall–Kier alpha value is -1.59. The Kier molecular flexibility index (Phi) is 2.43. The molecule has 0 radical (unpaired) electrons. The monoisotopic (exact) mass is 299 g/mol. The number of hydrogen-bond acceptors (Lipinski definition) is 3. The van der Waals surface area contributed by atoms with Crippen LogP contribution in [0.3, 0.4) is 0 Å². The molecular formula is C12H7Cl2NO4. The lowest BCUT2D eigenvalue weighted by Gasteiger charge is -2.13. The smallest absolute Gasteiger partial charge is 0.308 e. The summed E-state index contributed by atoms with van der Waals surface area (Å²) in [5, 5.41) is 11.8. The van der Waals surface area contributed by atoms with E-state index in [4.69, 9.17) is 28.3 Å². The Morgan fingerprint density at radius 3 is 2.47 bits per heavy atom. The minimum Gasteiger partial charge on any atom is -0.481 e. The molecule has 0 spiro atoms. The third-order valence-electron chi connectivity index (χ3n) is 3.76. The van der Waals surface area contributed by atoms with Crippen molar-refractivity contribution in [2.24, 2.45) is 11.8 Å². The molecular weight excluding hydrogens is 293 g/mol. The molecule has 3 rings (SSSR count). The first-order valence-electron chi connectivity index (χ1n) is 5.44. The number of rotatable bonds is 2. The molecule has 5 nitrogen and oxygen atoms in total. The van der Waals surface area contributed by atoms with Crippen LogP contribution in [0, 0.1) is 11.8 Å². The van der Waals surface area contributed by atoms with Crippen molar-refractivity contribution in [2.45, 2.75) is 5.41 Å². The Bertz CT molecular complexity index is 639.